The molecule has 1 unspecified atom stereocenters. The number of ether oxygens (including phenoxy) is 1. The average Bonchev–Trinajstić information content (AvgIpc) is 2.17. The van der Waals surface area contributed by atoms with E-state index in [-0.39, 0.29) is 0 Å². The first-order chi connectivity index (χ1) is 6.96. The van der Waals surface area contributed by atoms with Crippen molar-refractivity contribution < 1.29 is 19.4 Å². The van der Waals surface area contributed by atoms with Crippen LogP contribution in [0.3, 0.4) is 0 Å². The zero-order valence-electron chi connectivity index (χ0n) is 9.50. The second-order valence-corrected chi connectivity index (χ2v) is 3.71. The first kappa shape index (κ1) is 13.7. The third kappa shape index (κ3) is 4.67. The van der Waals surface area contributed by atoms with Crippen molar-refractivity contribution in [3.8, 4) is 0 Å². The van der Waals surface area contributed by atoms with Crippen LogP contribution in [0.15, 0.2) is 0 Å². The molecule has 0 saturated heterocycles. The van der Waals surface area contributed by atoms with Gasteiger partial charge in [-0.15, -0.1) is 0 Å². The molecule has 5 nitrogen and oxygen atoms in total. The normalized spacial score (nSPS) is 14.1. The minimum absolute atomic E-state index is 0.408. The largest absolute Gasteiger partial charge is 0.480 e. The maximum absolute atomic E-state index is 11.0. The Bertz CT molecular complexity index is 229. The van der Waals surface area contributed by atoms with Crippen molar-refractivity contribution in [2.24, 2.45) is 0 Å². The molecule has 0 spiro atoms. The number of carbonyl (C=O) groups is 2. The van der Waals surface area contributed by atoms with Gasteiger partial charge in [-0.2, -0.15) is 0 Å². The quantitative estimate of drug-likeness (QED) is 0.665. The molecule has 1 amide bonds. The number of amides is 1. The first-order valence-corrected chi connectivity index (χ1v) is 5.05. The average molecular weight is 217 g/mol. The van der Waals surface area contributed by atoms with E-state index in [1.807, 2.05) is 6.92 Å². The molecule has 0 radical (unpaired) electrons. The lowest BCUT2D eigenvalue weighted by molar-refractivity contribution is -0.144. The molecule has 0 bridgehead atoms. The van der Waals surface area contributed by atoms with Gasteiger partial charge in [0.2, 0.25) is 0 Å². The lowest BCUT2D eigenvalue weighted by atomic mass is 9.95. The first-order valence-electron chi connectivity index (χ1n) is 5.05. The highest BCUT2D eigenvalue weighted by atomic mass is 16.5. The van der Waals surface area contributed by atoms with Gasteiger partial charge in [-0.3, -0.25) is 0 Å². The van der Waals surface area contributed by atoms with Crippen LogP contribution < -0.4 is 5.32 Å². The molecule has 1 atom stereocenters. The second-order valence-electron chi connectivity index (χ2n) is 3.71. The fraction of sp³-hybridized carbons (Fsp3) is 0.800. The monoisotopic (exact) mass is 217 g/mol. The molecule has 0 fully saturated rings. The van der Waals surface area contributed by atoms with E-state index in [0.717, 1.165) is 19.3 Å². The number of unbranched alkanes of at least 4 members (excludes halogenated alkanes) is 2. The van der Waals surface area contributed by atoms with Crippen molar-refractivity contribution in [1.29, 1.82) is 0 Å². The number of methoxy groups -OCH3 is 1. The SMILES string of the molecule is CCCCCC(C)(NC(=O)OC)C(=O)O. The predicted octanol–water partition coefficient (Wildman–Crippen LogP) is 1.77. The van der Waals surface area contributed by atoms with E-state index in [9.17, 15) is 9.59 Å². The van der Waals surface area contributed by atoms with Gasteiger partial charge in [-0.05, 0) is 13.3 Å². The van der Waals surface area contributed by atoms with Gasteiger partial charge in [-0.25, -0.2) is 9.59 Å². The van der Waals surface area contributed by atoms with Crippen molar-refractivity contribution in [3.63, 3.8) is 0 Å². The molecule has 0 aromatic carbocycles. The Morgan fingerprint density at radius 3 is 2.40 bits per heavy atom. The summed E-state index contributed by atoms with van der Waals surface area (Å²) < 4.78 is 4.39. The molecule has 0 saturated carbocycles. The lowest BCUT2D eigenvalue weighted by Crippen LogP contribution is -2.52. The molecule has 0 aromatic heterocycles. The highest BCUT2D eigenvalue weighted by molar-refractivity contribution is 5.83. The van der Waals surface area contributed by atoms with Gasteiger partial charge in [0.1, 0.15) is 5.54 Å². The van der Waals surface area contributed by atoms with Crippen LogP contribution in [0, 0.1) is 0 Å². The summed E-state index contributed by atoms with van der Waals surface area (Å²) in [6, 6.07) is 0. The van der Waals surface area contributed by atoms with Crippen LogP contribution in [0.5, 0.6) is 0 Å². The van der Waals surface area contributed by atoms with Gasteiger partial charge in [0.15, 0.2) is 0 Å². The fourth-order valence-corrected chi connectivity index (χ4v) is 1.23. The predicted molar refractivity (Wildman–Crippen MR) is 55.7 cm³/mol. The van der Waals surface area contributed by atoms with E-state index < -0.39 is 17.6 Å². The highest BCUT2D eigenvalue weighted by Crippen LogP contribution is 2.15. The molecular weight excluding hydrogens is 198 g/mol. The molecule has 5 heteroatoms. The van der Waals surface area contributed by atoms with Crippen LogP contribution in [0.2, 0.25) is 0 Å². The minimum Gasteiger partial charge on any atom is -0.480 e. The van der Waals surface area contributed by atoms with Crippen molar-refractivity contribution in [2.75, 3.05) is 7.11 Å². The number of hydrogen-bond acceptors (Lipinski definition) is 3. The van der Waals surface area contributed by atoms with E-state index in [2.05, 4.69) is 10.1 Å². The van der Waals surface area contributed by atoms with E-state index in [1.165, 1.54) is 14.0 Å². The van der Waals surface area contributed by atoms with Crippen LogP contribution in [-0.2, 0) is 9.53 Å². The lowest BCUT2D eigenvalue weighted by Gasteiger charge is -2.25. The molecule has 15 heavy (non-hydrogen) atoms. The minimum atomic E-state index is -1.23. The van der Waals surface area contributed by atoms with Gasteiger partial charge in [0, 0.05) is 0 Å². The number of carboxylic acids is 1. The summed E-state index contributed by atoms with van der Waals surface area (Å²) in [6.45, 7) is 3.52. The van der Waals surface area contributed by atoms with E-state index in [0.29, 0.717) is 6.42 Å². The van der Waals surface area contributed by atoms with E-state index in [1.54, 1.807) is 0 Å². The van der Waals surface area contributed by atoms with Gasteiger partial charge in [0.05, 0.1) is 7.11 Å². The Kier molecular flexibility index (Phi) is 5.74. The van der Waals surface area contributed by atoms with Gasteiger partial charge in [-0.1, -0.05) is 26.2 Å². The standard InChI is InChI=1S/C10H19NO4/c1-4-5-6-7-10(2,8(12)13)11-9(14)15-3/h4-7H2,1-3H3,(H,11,14)(H,12,13). The molecule has 0 heterocycles. The van der Waals surface area contributed by atoms with Gasteiger partial charge in [0.25, 0.3) is 0 Å². The number of alkyl carbamates (subject to hydrolysis) is 1. The fourth-order valence-electron chi connectivity index (χ4n) is 1.23. The Hall–Kier alpha value is -1.26. The van der Waals surface area contributed by atoms with Crippen LogP contribution >= 0.6 is 0 Å². The number of carboxylic acid groups (broad SMARTS) is 1. The molecule has 2 N–H and O–H groups in total. The molecular formula is C10H19NO4. The zero-order chi connectivity index (χ0) is 11.9. The number of rotatable bonds is 6. The van der Waals surface area contributed by atoms with Crippen molar-refractivity contribution in [2.45, 2.75) is 45.1 Å². The third-order valence-electron chi connectivity index (χ3n) is 2.32. The topological polar surface area (TPSA) is 75.6 Å². The Balaban J connectivity index is 4.32. The van der Waals surface area contributed by atoms with E-state index >= 15 is 0 Å². The third-order valence-corrected chi connectivity index (χ3v) is 2.32. The van der Waals surface area contributed by atoms with Crippen molar-refractivity contribution in [3.05, 3.63) is 0 Å². The summed E-state index contributed by atoms with van der Waals surface area (Å²) in [5.74, 6) is -1.04. The Labute approximate surface area is 89.8 Å². The summed E-state index contributed by atoms with van der Waals surface area (Å²) >= 11 is 0. The summed E-state index contributed by atoms with van der Waals surface area (Å²) in [5.41, 5.74) is -1.23. The molecule has 0 aliphatic carbocycles. The molecule has 0 aliphatic heterocycles. The maximum atomic E-state index is 11.0. The summed E-state index contributed by atoms with van der Waals surface area (Å²) in [4.78, 5) is 22.0. The number of nitrogens with one attached hydrogen (secondary N) is 1. The number of hydrogen-bond donors (Lipinski definition) is 2. The summed E-state index contributed by atoms with van der Waals surface area (Å²) in [7, 11) is 1.21. The second kappa shape index (κ2) is 6.27. The van der Waals surface area contributed by atoms with Gasteiger partial charge < -0.3 is 15.2 Å². The van der Waals surface area contributed by atoms with Gasteiger partial charge >= 0.3 is 12.1 Å². The van der Waals surface area contributed by atoms with Crippen LogP contribution in [0.1, 0.15) is 39.5 Å². The molecule has 88 valence electrons. The zero-order valence-corrected chi connectivity index (χ0v) is 9.50. The number of carbonyl (C=O) groups excluding carboxylic acids is 1. The van der Waals surface area contributed by atoms with Crippen LogP contribution in [0.25, 0.3) is 0 Å². The highest BCUT2D eigenvalue weighted by Gasteiger charge is 2.34. The molecule has 0 aromatic rings. The Morgan fingerprint density at radius 1 is 1.40 bits per heavy atom. The van der Waals surface area contributed by atoms with Crippen LogP contribution in [0.4, 0.5) is 4.79 Å². The smallest absolute Gasteiger partial charge is 0.407 e. The van der Waals surface area contributed by atoms with Crippen molar-refractivity contribution >= 4 is 12.1 Å². The number of aliphatic carboxylic acids is 1. The Morgan fingerprint density at radius 2 is 2.00 bits per heavy atom. The maximum Gasteiger partial charge on any atom is 0.407 e. The van der Waals surface area contributed by atoms with E-state index in [4.69, 9.17) is 5.11 Å². The summed E-state index contributed by atoms with van der Waals surface area (Å²) in [6.07, 6.45) is 2.42. The van der Waals surface area contributed by atoms with Crippen molar-refractivity contribution in [1.82, 2.24) is 5.32 Å². The van der Waals surface area contributed by atoms with Crippen LogP contribution in [-0.4, -0.2) is 29.8 Å². The molecule has 0 rings (SSSR count). The molecule has 0 aliphatic rings. The summed E-state index contributed by atoms with van der Waals surface area (Å²) in [5, 5.41) is 11.3.